The van der Waals surface area contributed by atoms with E-state index in [-0.39, 0.29) is 32.2 Å². The molecule has 0 spiro atoms. The molecule has 1 aliphatic heterocycles. The van der Waals surface area contributed by atoms with Crippen LogP contribution >= 0.6 is 0 Å². The zero-order valence-electron chi connectivity index (χ0n) is 22.7. The molecule has 0 aromatic heterocycles. The minimum atomic E-state index is -5.04. The predicted octanol–water partition coefficient (Wildman–Crippen LogP) is 5.60. The molecule has 41 heavy (non-hydrogen) atoms. The molecule has 7 nitrogen and oxygen atoms in total. The van der Waals surface area contributed by atoms with E-state index in [2.05, 4.69) is 0 Å². The van der Waals surface area contributed by atoms with Crippen LogP contribution in [0.25, 0.3) is 0 Å². The number of benzene rings is 2. The first-order valence-electron chi connectivity index (χ1n) is 12.6. The molecule has 1 atom stereocenters. The number of hydrogen-bond acceptors (Lipinski definition) is 6. The van der Waals surface area contributed by atoms with Crippen LogP contribution in [0, 0.1) is 0 Å². The van der Waals surface area contributed by atoms with E-state index in [1.54, 1.807) is 18.2 Å². The Bertz CT molecular complexity index is 1310. The zero-order chi connectivity index (χ0) is 30.6. The number of nitrogens with zero attached hydrogens (tertiary/aromatic N) is 1. The summed E-state index contributed by atoms with van der Waals surface area (Å²) >= 11 is 0. The molecule has 1 aliphatic rings. The van der Waals surface area contributed by atoms with Crippen LogP contribution in [-0.2, 0) is 43.3 Å². The molecule has 0 bridgehead atoms. The second kappa shape index (κ2) is 12.5. The molecule has 0 radical (unpaired) electrons. The summed E-state index contributed by atoms with van der Waals surface area (Å²) in [4.78, 5) is 14.8. The second-order valence-corrected chi connectivity index (χ2v) is 11.6. The number of halogens is 6. The highest BCUT2D eigenvalue weighted by Gasteiger charge is 2.39. The summed E-state index contributed by atoms with van der Waals surface area (Å²) in [5.41, 5.74) is -3.59. The first-order valence-corrected chi connectivity index (χ1v) is 14.4. The van der Waals surface area contributed by atoms with E-state index >= 15 is 0 Å². The number of methoxy groups -OCH3 is 2. The van der Waals surface area contributed by atoms with Gasteiger partial charge < -0.3 is 14.4 Å². The maximum Gasteiger partial charge on any atom is 0.416 e. The maximum atomic E-state index is 13.4. The average molecular weight is 612 g/mol. The lowest BCUT2D eigenvalue weighted by Crippen LogP contribution is -2.44. The minimum absolute atomic E-state index is 0.0176. The molecule has 0 N–H and O–H groups in total. The molecule has 2 aromatic rings. The summed E-state index contributed by atoms with van der Waals surface area (Å²) in [5, 5.41) is 0. The number of carbonyl (C=O) groups is 1. The Hall–Kier alpha value is -3.00. The van der Waals surface area contributed by atoms with Gasteiger partial charge in [-0.25, -0.2) is 0 Å². The molecular formula is C27H31F6NO6S. The van der Waals surface area contributed by atoms with Crippen LogP contribution in [0.5, 0.6) is 11.5 Å². The number of ether oxygens (including phenoxy) is 2. The Morgan fingerprint density at radius 1 is 0.927 bits per heavy atom. The molecule has 228 valence electrons. The number of rotatable bonds is 9. The van der Waals surface area contributed by atoms with Gasteiger partial charge in [0.15, 0.2) is 11.5 Å². The van der Waals surface area contributed by atoms with Crippen molar-refractivity contribution in [3.63, 3.8) is 0 Å². The van der Waals surface area contributed by atoms with Crippen molar-refractivity contribution >= 4 is 16.0 Å². The second-order valence-electron chi connectivity index (χ2n) is 9.99. The number of amides is 1. The third-order valence-electron chi connectivity index (χ3n) is 7.06. The van der Waals surface area contributed by atoms with Crippen molar-refractivity contribution in [2.45, 2.75) is 49.9 Å². The Morgan fingerprint density at radius 3 is 2.07 bits per heavy atom. The Labute approximate surface area is 234 Å². The largest absolute Gasteiger partial charge is 0.493 e. The monoisotopic (exact) mass is 611 g/mol. The van der Waals surface area contributed by atoms with Crippen molar-refractivity contribution in [3.8, 4) is 11.5 Å². The van der Waals surface area contributed by atoms with E-state index in [0.29, 0.717) is 48.5 Å². The summed E-state index contributed by atoms with van der Waals surface area (Å²) in [6.45, 7) is 0.0310. The van der Waals surface area contributed by atoms with Gasteiger partial charge in [0.05, 0.1) is 44.6 Å². The minimum Gasteiger partial charge on any atom is -0.493 e. The molecule has 3 rings (SSSR count). The van der Waals surface area contributed by atoms with Gasteiger partial charge in [-0.05, 0) is 60.7 Å². The Balaban J connectivity index is 1.99. The topological polar surface area (TPSA) is 82.1 Å². The zero-order valence-corrected chi connectivity index (χ0v) is 23.5. The van der Waals surface area contributed by atoms with Crippen LogP contribution in [0.2, 0.25) is 0 Å². The van der Waals surface area contributed by atoms with Gasteiger partial charge in [-0.3, -0.25) is 8.98 Å². The molecule has 1 fully saturated rings. The van der Waals surface area contributed by atoms with Gasteiger partial charge in [0.25, 0.3) is 10.1 Å². The van der Waals surface area contributed by atoms with Gasteiger partial charge in [-0.1, -0.05) is 12.5 Å². The average Bonchev–Trinajstić information content (AvgIpc) is 3.10. The Morgan fingerprint density at radius 2 is 1.54 bits per heavy atom. The van der Waals surface area contributed by atoms with E-state index < -0.39 is 56.9 Å². The van der Waals surface area contributed by atoms with Crippen molar-refractivity contribution in [2.75, 3.05) is 40.2 Å². The first-order chi connectivity index (χ1) is 19.0. The molecular weight excluding hydrogens is 580 g/mol. The van der Waals surface area contributed by atoms with Gasteiger partial charge in [0.2, 0.25) is 5.91 Å². The van der Waals surface area contributed by atoms with Gasteiger partial charge >= 0.3 is 12.4 Å². The van der Waals surface area contributed by atoms with E-state index in [1.807, 2.05) is 0 Å². The summed E-state index contributed by atoms with van der Waals surface area (Å²) < 4.78 is 119. The van der Waals surface area contributed by atoms with E-state index in [9.17, 15) is 39.6 Å². The SMILES string of the molecule is COc1ccc([C@@]2(CCOS(C)(=O)=O)CCCCN(C(=O)Cc3cc(C(F)(F)F)cc(C(F)(F)F)c3)C2)cc1OC. The highest BCUT2D eigenvalue weighted by molar-refractivity contribution is 7.85. The first kappa shape index (κ1) is 32.5. The third-order valence-corrected chi connectivity index (χ3v) is 7.65. The Kier molecular flexibility index (Phi) is 9.89. The molecule has 0 aliphatic carbocycles. The molecule has 14 heteroatoms. The lowest BCUT2D eigenvalue weighted by Gasteiger charge is -2.37. The fourth-order valence-electron chi connectivity index (χ4n) is 5.05. The highest BCUT2D eigenvalue weighted by atomic mass is 32.2. The number of alkyl halides is 6. The molecule has 2 aromatic carbocycles. The van der Waals surface area contributed by atoms with Crippen molar-refractivity contribution in [1.29, 1.82) is 0 Å². The molecule has 0 saturated carbocycles. The normalized spacial score (nSPS) is 18.6. The van der Waals surface area contributed by atoms with Gasteiger partial charge in [0, 0.05) is 18.5 Å². The van der Waals surface area contributed by atoms with Crippen LogP contribution in [0.1, 0.15) is 47.9 Å². The molecule has 1 amide bonds. The van der Waals surface area contributed by atoms with Crippen molar-refractivity contribution in [3.05, 3.63) is 58.7 Å². The lowest BCUT2D eigenvalue weighted by atomic mass is 9.74. The summed E-state index contributed by atoms with van der Waals surface area (Å²) in [6, 6.07) is 6.22. The molecule has 1 saturated heterocycles. The fraction of sp³-hybridized carbons (Fsp3) is 0.519. The van der Waals surface area contributed by atoms with Crippen LogP contribution in [0.15, 0.2) is 36.4 Å². The fourth-order valence-corrected chi connectivity index (χ4v) is 5.43. The van der Waals surface area contributed by atoms with Crippen molar-refractivity contribution < 1.29 is 53.2 Å². The number of carbonyl (C=O) groups excluding carboxylic acids is 1. The predicted molar refractivity (Wildman–Crippen MR) is 137 cm³/mol. The van der Waals surface area contributed by atoms with E-state index in [4.69, 9.17) is 13.7 Å². The van der Waals surface area contributed by atoms with E-state index in [1.165, 1.54) is 19.1 Å². The summed E-state index contributed by atoms with van der Waals surface area (Å²) in [7, 11) is -0.884. The van der Waals surface area contributed by atoms with Crippen molar-refractivity contribution in [2.24, 2.45) is 0 Å². The maximum absolute atomic E-state index is 13.4. The third kappa shape index (κ3) is 8.51. The van der Waals surface area contributed by atoms with Crippen LogP contribution < -0.4 is 9.47 Å². The summed E-state index contributed by atoms with van der Waals surface area (Å²) in [5.74, 6) is 0.165. The number of hydrogen-bond donors (Lipinski definition) is 0. The lowest BCUT2D eigenvalue weighted by molar-refractivity contribution is -0.143. The highest BCUT2D eigenvalue weighted by Crippen LogP contribution is 2.41. The summed E-state index contributed by atoms with van der Waals surface area (Å²) in [6.07, 6.45) is -8.07. The van der Waals surface area contributed by atoms with Crippen LogP contribution in [0.3, 0.4) is 0 Å². The van der Waals surface area contributed by atoms with Crippen molar-refractivity contribution in [1.82, 2.24) is 4.90 Å². The molecule has 0 unspecified atom stereocenters. The molecule has 1 heterocycles. The van der Waals surface area contributed by atoms with Gasteiger partial charge in [-0.2, -0.15) is 34.8 Å². The quantitative estimate of drug-likeness (QED) is 0.271. The smallest absolute Gasteiger partial charge is 0.416 e. The van der Waals surface area contributed by atoms with E-state index in [0.717, 1.165) is 6.26 Å². The van der Waals surface area contributed by atoms with Gasteiger partial charge in [0.1, 0.15) is 0 Å². The van der Waals surface area contributed by atoms with Gasteiger partial charge in [-0.15, -0.1) is 0 Å². The van der Waals surface area contributed by atoms with Crippen LogP contribution in [0.4, 0.5) is 26.3 Å². The standard InChI is InChI=1S/C27H31F6NO6S/c1-38-22-7-6-19(16-23(22)39-2)25(9-11-40-41(3,36)37)8-4-5-10-34(17-25)24(35)14-18-12-20(26(28,29)30)15-21(13-18)27(31,32)33/h6-7,12-13,15-16H,4-5,8-11,14,17H2,1-3H3/t25-/m1/s1. The number of likely N-dealkylation sites (tertiary alicyclic amines) is 1. The van der Waals surface area contributed by atoms with Crippen LogP contribution in [-0.4, -0.2) is 59.4 Å².